The predicted octanol–water partition coefficient (Wildman–Crippen LogP) is 1.73. The highest BCUT2D eigenvalue weighted by Crippen LogP contribution is 2.21. The van der Waals surface area contributed by atoms with Crippen molar-refractivity contribution >= 4 is 11.6 Å². The topological polar surface area (TPSA) is 75.5 Å². The van der Waals surface area contributed by atoms with E-state index >= 15 is 0 Å². The molecule has 6 nitrogen and oxygen atoms in total. The molecule has 1 heterocycles. The van der Waals surface area contributed by atoms with E-state index in [4.69, 9.17) is 0 Å². The van der Waals surface area contributed by atoms with E-state index in [1.54, 1.807) is 17.9 Å². The normalized spacial score (nSPS) is 22.6. The lowest BCUT2D eigenvalue weighted by Crippen LogP contribution is -2.57. The minimum Gasteiger partial charge on any atom is -0.331 e. The van der Waals surface area contributed by atoms with E-state index in [1.807, 2.05) is 13.8 Å². The van der Waals surface area contributed by atoms with Crippen LogP contribution in [0.2, 0.25) is 0 Å². The summed E-state index contributed by atoms with van der Waals surface area (Å²) in [5.41, 5.74) is 1.07. The summed E-state index contributed by atoms with van der Waals surface area (Å²) < 4.78 is 0. The fraction of sp³-hybridized carbons (Fsp3) is 0.500. The van der Waals surface area contributed by atoms with Gasteiger partial charge >= 0.3 is 0 Å². The van der Waals surface area contributed by atoms with E-state index in [9.17, 15) is 14.9 Å². The number of nitro benzene ring substituents is 1. The van der Waals surface area contributed by atoms with E-state index in [2.05, 4.69) is 5.32 Å². The molecule has 1 amide bonds. The van der Waals surface area contributed by atoms with Gasteiger partial charge in [0, 0.05) is 42.9 Å². The fourth-order valence-corrected chi connectivity index (χ4v) is 2.67. The zero-order chi connectivity index (χ0) is 14.9. The van der Waals surface area contributed by atoms with E-state index in [0.717, 1.165) is 18.7 Å². The highest BCUT2D eigenvalue weighted by molar-refractivity contribution is 5.95. The van der Waals surface area contributed by atoms with Gasteiger partial charge in [0.15, 0.2) is 0 Å². The molecule has 1 fully saturated rings. The molecule has 1 aromatic rings. The van der Waals surface area contributed by atoms with Gasteiger partial charge in [-0.3, -0.25) is 14.9 Å². The van der Waals surface area contributed by atoms with Gasteiger partial charge in [0.2, 0.25) is 0 Å². The summed E-state index contributed by atoms with van der Waals surface area (Å²) in [6.45, 7) is 7.19. The molecule has 6 heteroatoms. The number of piperazine rings is 1. The summed E-state index contributed by atoms with van der Waals surface area (Å²) in [6, 6.07) is 4.69. The van der Waals surface area contributed by atoms with Crippen molar-refractivity contribution in [2.24, 2.45) is 0 Å². The van der Waals surface area contributed by atoms with Crippen molar-refractivity contribution in [2.45, 2.75) is 32.9 Å². The second-order valence-electron chi connectivity index (χ2n) is 5.38. The summed E-state index contributed by atoms with van der Waals surface area (Å²) >= 11 is 0. The third-order valence-electron chi connectivity index (χ3n) is 3.58. The lowest BCUT2D eigenvalue weighted by Gasteiger charge is -2.39. The SMILES string of the molecule is Cc1cc(C(=O)N2C(C)CNCC2C)cc([N+](=O)[O-])c1. The smallest absolute Gasteiger partial charge is 0.270 e. The monoisotopic (exact) mass is 277 g/mol. The van der Waals surface area contributed by atoms with Gasteiger partial charge in [0.05, 0.1) is 4.92 Å². The minimum atomic E-state index is -0.464. The van der Waals surface area contributed by atoms with Crippen LogP contribution in [0, 0.1) is 17.0 Å². The van der Waals surface area contributed by atoms with Crippen LogP contribution in [0.1, 0.15) is 29.8 Å². The number of benzene rings is 1. The lowest BCUT2D eigenvalue weighted by atomic mass is 10.0. The summed E-state index contributed by atoms with van der Waals surface area (Å²) in [5, 5.41) is 14.2. The van der Waals surface area contributed by atoms with E-state index in [-0.39, 0.29) is 23.7 Å². The Balaban J connectivity index is 2.35. The molecule has 1 N–H and O–H groups in total. The Labute approximate surface area is 117 Å². The Morgan fingerprint density at radius 2 is 1.90 bits per heavy atom. The van der Waals surface area contributed by atoms with Crippen LogP contribution in [0.3, 0.4) is 0 Å². The first kappa shape index (κ1) is 14.5. The molecular weight excluding hydrogens is 258 g/mol. The zero-order valence-electron chi connectivity index (χ0n) is 11.9. The number of carbonyl (C=O) groups is 1. The molecule has 0 spiro atoms. The molecule has 0 aliphatic carbocycles. The number of rotatable bonds is 2. The molecule has 1 aliphatic rings. The number of nitrogens with zero attached hydrogens (tertiary/aromatic N) is 2. The van der Waals surface area contributed by atoms with Gasteiger partial charge in [0.1, 0.15) is 0 Å². The number of nitrogens with one attached hydrogen (secondary N) is 1. The first-order valence-electron chi connectivity index (χ1n) is 6.69. The van der Waals surface area contributed by atoms with E-state index < -0.39 is 4.92 Å². The van der Waals surface area contributed by atoms with E-state index in [0.29, 0.717) is 5.56 Å². The molecule has 0 bridgehead atoms. The van der Waals surface area contributed by atoms with Crippen molar-refractivity contribution < 1.29 is 9.72 Å². The van der Waals surface area contributed by atoms with Gasteiger partial charge in [-0.2, -0.15) is 0 Å². The second kappa shape index (κ2) is 5.58. The van der Waals surface area contributed by atoms with Crippen molar-refractivity contribution in [3.05, 3.63) is 39.4 Å². The van der Waals surface area contributed by atoms with Gasteiger partial charge in [-0.05, 0) is 32.4 Å². The molecule has 1 aliphatic heterocycles. The highest BCUT2D eigenvalue weighted by Gasteiger charge is 2.30. The quantitative estimate of drug-likeness (QED) is 0.659. The summed E-state index contributed by atoms with van der Waals surface area (Å²) in [6.07, 6.45) is 0. The number of non-ortho nitro benzene ring substituents is 1. The van der Waals surface area contributed by atoms with Gasteiger partial charge in [-0.15, -0.1) is 0 Å². The summed E-state index contributed by atoms with van der Waals surface area (Å²) in [5.74, 6) is -0.140. The molecule has 1 aromatic carbocycles. The average molecular weight is 277 g/mol. The first-order chi connectivity index (χ1) is 9.40. The van der Waals surface area contributed by atoms with Crippen LogP contribution in [-0.2, 0) is 0 Å². The molecule has 108 valence electrons. The molecule has 2 atom stereocenters. The lowest BCUT2D eigenvalue weighted by molar-refractivity contribution is -0.384. The van der Waals surface area contributed by atoms with Crippen molar-refractivity contribution in [1.29, 1.82) is 0 Å². The van der Waals surface area contributed by atoms with Gasteiger partial charge in [0.25, 0.3) is 11.6 Å². The molecule has 0 saturated carbocycles. The van der Waals surface area contributed by atoms with E-state index in [1.165, 1.54) is 12.1 Å². The number of hydrogen-bond donors (Lipinski definition) is 1. The number of hydrogen-bond acceptors (Lipinski definition) is 4. The molecule has 2 rings (SSSR count). The number of amides is 1. The minimum absolute atomic E-state index is 0.0382. The maximum Gasteiger partial charge on any atom is 0.270 e. The third-order valence-corrected chi connectivity index (χ3v) is 3.58. The predicted molar refractivity (Wildman–Crippen MR) is 75.8 cm³/mol. The number of nitro groups is 1. The molecule has 0 aromatic heterocycles. The van der Waals surface area contributed by atoms with Crippen LogP contribution < -0.4 is 5.32 Å². The number of carbonyl (C=O) groups excluding carboxylic acids is 1. The van der Waals surface area contributed by atoms with Crippen molar-refractivity contribution in [3.8, 4) is 0 Å². The highest BCUT2D eigenvalue weighted by atomic mass is 16.6. The standard InChI is InChI=1S/C14H19N3O3/c1-9-4-12(6-13(5-9)17(19)20)14(18)16-10(2)7-15-8-11(16)3/h4-6,10-11,15H,7-8H2,1-3H3. The molecular formula is C14H19N3O3. The van der Waals surface area contributed by atoms with Gasteiger partial charge in [-0.25, -0.2) is 0 Å². The van der Waals surface area contributed by atoms with Crippen LogP contribution in [0.15, 0.2) is 18.2 Å². The van der Waals surface area contributed by atoms with Crippen molar-refractivity contribution in [1.82, 2.24) is 10.2 Å². The Hall–Kier alpha value is -1.95. The Morgan fingerprint density at radius 3 is 2.45 bits per heavy atom. The van der Waals surface area contributed by atoms with Crippen LogP contribution in [0.5, 0.6) is 0 Å². The third kappa shape index (κ3) is 2.80. The molecule has 2 unspecified atom stereocenters. The van der Waals surface area contributed by atoms with Crippen LogP contribution in [0.4, 0.5) is 5.69 Å². The van der Waals surface area contributed by atoms with Crippen LogP contribution in [0.25, 0.3) is 0 Å². The zero-order valence-corrected chi connectivity index (χ0v) is 11.9. The largest absolute Gasteiger partial charge is 0.331 e. The van der Waals surface area contributed by atoms with Crippen molar-refractivity contribution in [3.63, 3.8) is 0 Å². The van der Waals surface area contributed by atoms with Crippen molar-refractivity contribution in [2.75, 3.05) is 13.1 Å². The molecule has 20 heavy (non-hydrogen) atoms. The van der Waals surface area contributed by atoms with Gasteiger partial charge in [-0.1, -0.05) is 0 Å². The Morgan fingerprint density at radius 1 is 1.30 bits per heavy atom. The fourth-order valence-electron chi connectivity index (χ4n) is 2.67. The number of aryl methyl sites for hydroxylation is 1. The van der Waals surface area contributed by atoms with Crippen LogP contribution in [-0.4, -0.2) is 40.9 Å². The van der Waals surface area contributed by atoms with Gasteiger partial charge < -0.3 is 10.2 Å². The average Bonchev–Trinajstić information content (AvgIpc) is 2.37. The Bertz CT molecular complexity index is 534. The first-order valence-corrected chi connectivity index (χ1v) is 6.69. The second-order valence-corrected chi connectivity index (χ2v) is 5.38. The molecule has 0 radical (unpaired) electrons. The maximum atomic E-state index is 12.6. The summed E-state index contributed by atoms with van der Waals surface area (Å²) in [4.78, 5) is 24.9. The maximum absolute atomic E-state index is 12.6. The van der Waals surface area contributed by atoms with Crippen LogP contribution >= 0.6 is 0 Å². The summed E-state index contributed by atoms with van der Waals surface area (Å²) in [7, 11) is 0. The Kier molecular flexibility index (Phi) is 4.04. The molecule has 1 saturated heterocycles.